The minimum absolute atomic E-state index is 0.475. The third kappa shape index (κ3) is 0.372. The van der Waals surface area contributed by atoms with Crippen molar-refractivity contribution < 1.29 is 9.47 Å². The van der Waals surface area contributed by atoms with Gasteiger partial charge in [0.15, 0.2) is 0 Å². The van der Waals surface area contributed by atoms with Gasteiger partial charge in [-0.1, -0.05) is 0 Å². The van der Waals surface area contributed by atoms with Gasteiger partial charge in [0, 0.05) is 7.11 Å². The Morgan fingerprint density at radius 1 is 1.40 bits per heavy atom. The van der Waals surface area contributed by atoms with Crippen molar-refractivity contribution in [1.82, 2.24) is 0 Å². The Labute approximate surface area is 60.5 Å². The highest BCUT2D eigenvalue weighted by molar-refractivity contribution is 5.51. The van der Waals surface area contributed by atoms with E-state index in [0.717, 1.165) is 23.4 Å². The molecule has 10 heavy (non-hydrogen) atoms. The van der Waals surface area contributed by atoms with E-state index in [1.807, 2.05) is 0 Å². The van der Waals surface area contributed by atoms with E-state index in [9.17, 15) is 0 Å². The lowest BCUT2D eigenvalue weighted by atomic mass is 9.89. The van der Waals surface area contributed by atoms with Crippen molar-refractivity contribution in [1.29, 1.82) is 0 Å². The molecular weight excluding hydrogens is 128 g/mol. The molecule has 0 atom stereocenters. The average molecular weight is 140 g/mol. The second-order valence-corrected chi connectivity index (χ2v) is 4.00. The lowest BCUT2D eigenvalue weighted by Crippen LogP contribution is -2.18. The highest BCUT2D eigenvalue weighted by atomic mass is 16.7. The van der Waals surface area contributed by atoms with Gasteiger partial charge < -0.3 is 9.47 Å². The van der Waals surface area contributed by atoms with Crippen molar-refractivity contribution >= 4 is 0 Å². The minimum atomic E-state index is 0.475. The van der Waals surface area contributed by atoms with E-state index in [2.05, 4.69) is 0 Å². The fourth-order valence-electron chi connectivity index (χ4n) is 2.62. The Hall–Kier alpha value is -0.0800. The van der Waals surface area contributed by atoms with Crippen molar-refractivity contribution in [3.05, 3.63) is 0 Å². The van der Waals surface area contributed by atoms with E-state index < -0.39 is 0 Å². The summed E-state index contributed by atoms with van der Waals surface area (Å²) in [7, 11) is 1.67. The summed E-state index contributed by atoms with van der Waals surface area (Å²) in [6.07, 6.45) is 3.03. The van der Waals surface area contributed by atoms with Crippen LogP contribution in [0.1, 0.15) is 12.8 Å². The maximum Gasteiger partial charge on any atom is 0.146 e. The molecule has 0 aromatic rings. The molecule has 0 N–H and O–H groups in total. The van der Waals surface area contributed by atoms with E-state index >= 15 is 0 Å². The zero-order valence-corrected chi connectivity index (χ0v) is 6.22. The topological polar surface area (TPSA) is 18.5 Å². The molecule has 0 bridgehead atoms. The van der Waals surface area contributed by atoms with Gasteiger partial charge in [0.05, 0.1) is 6.61 Å². The van der Waals surface area contributed by atoms with Gasteiger partial charge in [-0.3, -0.25) is 0 Å². The average Bonchev–Trinajstić information content (AvgIpc) is 2.66. The molecule has 3 saturated carbocycles. The first-order valence-corrected chi connectivity index (χ1v) is 3.92. The normalized spacial score (nSPS) is 59.1. The number of rotatable bonds is 4. The van der Waals surface area contributed by atoms with Crippen LogP contribution < -0.4 is 0 Å². The molecule has 0 saturated heterocycles. The highest BCUT2D eigenvalue weighted by Crippen LogP contribution is 3.09. The van der Waals surface area contributed by atoms with Crippen LogP contribution in [-0.2, 0) is 9.47 Å². The van der Waals surface area contributed by atoms with Crippen LogP contribution in [0.2, 0.25) is 0 Å². The second kappa shape index (κ2) is 1.28. The lowest BCUT2D eigenvalue weighted by molar-refractivity contribution is -0.0484. The Balaban J connectivity index is 1.41. The van der Waals surface area contributed by atoms with Gasteiger partial charge in [-0.05, 0) is 29.6 Å². The summed E-state index contributed by atoms with van der Waals surface area (Å²) in [6, 6.07) is 0. The van der Waals surface area contributed by atoms with Crippen LogP contribution in [-0.4, -0.2) is 20.5 Å². The van der Waals surface area contributed by atoms with E-state index in [0.29, 0.717) is 6.79 Å². The van der Waals surface area contributed by atoms with Crippen LogP contribution in [0.15, 0.2) is 0 Å². The van der Waals surface area contributed by atoms with Gasteiger partial charge in [0.2, 0.25) is 0 Å². The molecule has 3 aliphatic rings. The van der Waals surface area contributed by atoms with Crippen molar-refractivity contribution in [2.24, 2.45) is 16.7 Å². The van der Waals surface area contributed by atoms with Crippen LogP contribution in [0.3, 0.4) is 0 Å². The first kappa shape index (κ1) is 5.56. The molecule has 0 aromatic heterocycles. The molecule has 3 fully saturated rings. The molecule has 56 valence electrons. The highest BCUT2D eigenvalue weighted by Gasteiger charge is 3.04. The number of hydrogen-bond acceptors (Lipinski definition) is 2. The fraction of sp³-hybridized carbons (Fsp3) is 1.00. The largest absolute Gasteiger partial charge is 0.359 e. The van der Waals surface area contributed by atoms with Gasteiger partial charge in [-0.2, -0.15) is 0 Å². The SMILES string of the molecule is COCOCC1C23CC12C3. The van der Waals surface area contributed by atoms with E-state index in [1.54, 1.807) is 7.11 Å². The fourth-order valence-corrected chi connectivity index (χ4v) is 2.62. The molecule has 3 aliphatic carbocycles. The Morgan fingerprint density at radius 3 is 2.50 bits per heavy atom. The molecule has 2 heteroatoms. The van der Waals surface area contributed by atoms with E-state index in [4.69, 9.17) is 9.47 Å². The molecule has 0 heterocycles. The first-order chi connectivity index (χ1) is 4.86. The summed E-state index contributed by atoms with van der Waals surface area (Å²) < 4.78 is 10.1. The predicted molar refractivity (Wildman–Crippen MR) is 35.4 cm³/mol. The summed E-state index contributed by atoms with van der Waals surface area (Å²) in [5.74, 6) is 0.940. The summed E-state index contributed by atoms with van der Waals surface area (Å²) >= 11 is 0. The second-order valence-electron chi connectivity index (χ2n) is 4.00. The van der Waals surface area contributed by atoms with E-state index in [-0.39, 0.29) is 0 Å². The van der Waals surface area contributed by atoms with Gasteiger partial charge in [0.1, 0.15) is 6.79 Å². The van der Waals surface area contributed by atoms with E-state index in [1.165, 1.54) is 12.8 Å². The monoisotopic (exact) mass is 140 g/mol. The quantitative estimate of drug-likeness (QED) is 0.428. The minimum Gasteiger partial charge on any atom is -0.359 e. The Kier molecular flexibility index (Phi) is 0.710. The van der Waals surface area contributed by atoms with Gasteiger partial charge in [-0.15, -0.1) is 0 Å². The first-order valence-electron chi connectivity index (χ1n) is 3.92. The number of methoxy groups -OCH3 is 1. The molecule has 3 rings (SSSR count). The summed E-state index contributed by atoms with van der Waals surface area (Å²) in [4.78, 5) is 0. The van der Waals surface area contributed by atoms with Gasteiger partial charge in [0.25, 0.3) is 0 Å². The van der Waals surface area contributed by atoms with Crippen LogP contribution in [0, 0.1) is 16.7 Å². The molecule has 0 aromatic carbocycles. The zero-order chi connectivity index (χ0) is 6.82. The van der Waals surface area contributed by atoms with Crippen LogP contribution in [0.25, 0.3) is 0 Å². The summed E-state index contributed by atoms with van der Waals surface area (Å²) in [5.41, 5.74) is 1.70. The van der Waals surface area contributed by atoms with Crippen molar-refractivity contribution in [3.8, 4) is 0 Å². The molecular formula is C8H12O2. The maximum absolute atomic E-state index is 5.28. The third-order valence-electron chi connectivity index (χ3n) is 3.74. The van der Waals surface area contributed by atoms with Crippen LogP contribution in [0.4, 0.5) is 0 Å². The lowest BCUT2D eigenvalue weighted by Gasteiger charge is -2.20. The standard InChI is InChI=1S/C8H12O2/c1-9-5-10-2-6-7-3-8(6,7)4-7/h6H,2-5H2,1H3. The van der Waals surface area contributed by atoms with Crippen molar-refractivity contribution in [2.75, 3.05) is 20.5 Å². The van der Waals surface area contributed by atoms with Crippen LogP contribution >= 0.6 is 0 Å². The van der Waals surface area contributed by atoms with Gasteiger partial charge >= 0.3 is 0 Å². The Bertz CT molecular complexity index is 168. The maximum atomic E-state index is 5.28. The number of hydrogen-bond donors (Lipinski definition) is 0. The van der Waals surface area contributed by atoms with Crippen molar-refractivity contribution in [2.45, 2.75) is 12.8 Å². The van der Waals surface area contributed by atoms with Gasteiger partial charge in [-0.25, -0.2) is 0 Å². The molecule has 0 aliphatic heterocycles. The molecule has 0 spiro atoms. The predicted octanol–water partition coefficient (Wildman–Crippen LogP) is 1.02. The number of ether oxygens (including phenoxy) is 2. The smallest absolute Gasteiger partial charge is 0.146 e. The third-order valence-corrected chi connectivity index (χ3v) is 3.74. The summed E-state index contributed by atoms with van der Waals surface area (Å²) in [5, 5.41) is 0. The molecule has 0 radical (unpaired) electrons. The van der Waals surface area contributed by atoms with Crippen molar-refractivity contribution in [3.63, 3.8) is 0 Å². The molecule has 0 amide bonds. The molecule has 2 nitrogen and oxygen atoms in total. The Morgan fingerprint density at radius 2 is 2.10 bits per heavy atom. The summed E-state index contributed by atoms with van der Waals surface area (Å²) in [6.45, 7) is 1.43. The van der Waals surface area contributed by atoms with Crippen LogP contribution in [0.5, 0.6) is 0 Å². The molecule has 0 unspecified atom stereocenters. The zero-order valence-electron chi connectivity index (χ0n) is 6.22.